The molecule has 7 heteroatoms. The summed E-state index contributed by atoms with van der Waals surface area (Å²) in [6.45, 7) is 5.01. The van der Waals surface area contributed by atoms with Gasteiger partial charge in [-0.3, -0.25) is 4.79 Å². The van der Waals surface area contributed by atoms with Crippen LogP contribution < -0.4 is 4.90 Å². The molecule has 6 nitrogen and oxygen atoms in total. The first-order valence-corrected chi connectivity index (χ1v) is 9.55. The number of hydrogen-bond acceptors (Lipinski definition) is 5. The Bertz CT molecular complexity index is 909. The first-order chi connectivity index (χ1) is 12.6. The van der Waals surface area contributed by atoms with Crippen molar-refractivity contribution >= 4 is 23.1 Å². The maximum absolute atomic E-state index is 12.8. The van der Waals surface area contributed by atoms with Crippen LogP contribution in [0.25, 0.3) is 10.7 Å². The van der Waals surface area contributed by atoms with Crippen LogP contribution in [0, 0.1) is 6.92 Å². The minimum absolute atomic E-state index is 0.0131. The Kier molecular flexibility index (Phi) is 4.46. The van der Waals surface area contributed by atoms with Crippen molar-refractivity contribution in [2.45, 2.75) is 6.92 Å². The third kappa shape index (κ3) is 3.10. The number of nitrogens with zero attached hydrogens (tertiary/aromatic N) is 5. The van der Waals surface area contributed by atoms with E-state index in [0.29, 0.717) is 18.8 Å². The van der Waals surface area contributed by atoms with Gasteiger partial charge in [-0.15, -0.1) is 11.3 Å². The molecule has 0 spiro atoms. The van der Waals surface area contributed by atoms with Crippen LogP contribution in [0.15, 0.2) is 41.9 Å². The van der Waals surface area contributed by atoms with E-state index in [9.17, 15) is 4.79 Å². The highest BCUT2D eigenvalue weighted by Gasteiger charge is 2.24. The summed E-state index contributed by atoms with van der Waals surface area (Å²) in [4.78, 5) is 25.9. The normalized spacial score (nSPS) is 14.7. The average molecular weight is 367 g/mol. The minimum atomic E-state index is 0.0131. The molecule has 0 aliphatic carbocycles. The molecule has 0 aromatic carbocycles. The summed E-state index contributed by atoms with van der Waals surface area (Å²) in [5.74, 6) is 0.980. The predicted molar refractivity (Wildman–Crippen MR) is 104 cm³/mol. The number of carbonyl (C=O) groups is 1. The maximum atomic E-state index is 12.8. The second-order valence-corrected chi connectivity index (χ2v) is 7.28. The van der Waals surface area contributed by atoms with Gasteiger partial charge in [-0.05, 0) is 31.2 Å². The molecule has 0 atom stereocenters. The van der Waals surface area contributed by atoms with Crippen LogP contribution in [0.3, 0.4) is 0 Å². The van der Waals surface area contributed by atoms with Crippen molar-refractivity contribution in [1.82, 2.24) is 19.4 Å². The fraction of sp³-hybridized carbons (Fsp3) is 0.316. The molecule has 3 aromatic heterocycles. The van der Waals surface area contributed by atoms with Gasteiger partial charge in [0.25, 0.3) is 5.91 Å². The fourth-order valence-corrected chi connectivity index (χ4v) is 4.01. The Morgan fingerprint density at radius 1 is 1.12 bits per heavy atom. The first kappa shape index (κ1) is 16.8. The topological polar surface area (TPSA) is 54.3 Å². The summed E-state index contributed by atoms with van der Waals surface area (Å²) < 4.78 is 2.10. The van der Waals surface area contributed by atoms with Crippen molar-refractivity contribution in [2.75, 3.05) is 31.1 Å². The van der Waals surface area contributed by atoms with E-state index in [1.807, 2.05) is 41.6 Å². The van der Waals surface area contributed by atoms with Crippen LogP contribution in [-0.4, -0.2) is 51.5 Å². The van der Waals surface area contributed by atoms with Gasteiger partial charge in [0.05, 0.1) is 5.69 Å². The monoisotopic (exact) mass is 367 g/mol. The molecule has 1 aliphatic rings. The number of piperazine rings is 1. The predicted octanol–water partition coefficient (Wildman–Crippen LogP) is 2.81. The molecular formula is C19H21N5OS. The van der Waals surface area contributed by atoms with E-state index in [1.54, 1.807) is 6.20 Å². The molecular weight excluding hydrogens is 346 g/mol. The van der Waals surface area contributed by atoms with E-state index >= 15 is 0 Å². The van der Waals surface area contributed by atoms with Crippen LogP contribution in [0.4, 0.5) is 5.82 Å². The van der Waals surface area contributed by atoms with Crippen LogP contribution in [0.2, 0.25) is 0 Å². The minimum Gasteiger partial charge on any atom is -0.353 e. The third-order valence-electron chi connectivity index (χ3n) is 4.86. The highest BCUT2D eigenvalue weighted by atomic mass is 32.1. The quantitative estimate of drug-likeness (QED) is 0.714. The molecule has 0 bridgehead atoms. The van der Waals surface area contributed by atoms with Gasteiger partial charge in [0, 0.05) is 50.5 Å². The van der Waals surface area contributed by atoms with Gasteiger partial charge >= 0.3 is 0 Å². The summed E-state index contributed by atoms with van der Waals surface area (Å²) in [5, 5.41) is 2.75. The Morgan fingerprint density at radius 3 is 2.58 bits per heavy atom. The molecule has 4 heterocycles. The molecule has 0 saturated carbocycles. The SMILES string of the molecule is Cc1ccc(-c2nc(C(=O)N3CCN(c4ccccn4)CC3)cs2)n1C. The molecule has 0 radical (unpaired) electrons. The molecule has 1 fully saturated rings. The van der Waals surface area contributed by atoms with Crippen LogP contribution in [-0.2, 0) is 7.05 Å². The number of rotatable bonds is 3. The summed E-state index contributed by atoms with van der Waals surface area (Å²) in [7, 11) is 2.02. The lowest BCUT2D eigenvalue weighted by Crippen LogP contribution is -2.49. The lowest BCUT2D eigenvalue weighted by Gasteiger charge is -2.35. The van der Waals surface area contributed by atoms with Crippen molar-refractivity contribution in [3.8, 4) is 10.7 Å². The van der Waals surface area contributed by atoms with Crippen molar-refractivity contribution < 1.29 is 4.79 Å². The highest BCUT2D eigenvalue weighted by molar-refractivity contribution is 7.13. The summed E-state index contributed by atoms with van der Waals surface area (Å²) in [6.07, 6.45) is 1.80. The van der Waals surface area contributed by atoms with Crippen LogP contribution in [0.5, 0.6) is 0 Å². The molecule has 0 N–H and O–H groups in total. The van der Waals surface area contributed by atoms with Gasteiger partial charge < -0.3 is 14.4 Å². The number of thiazole rings is 1. The van der Waals surface area contributed by atoms with E-state index in [4.69, 9.17) is 0 Å². The number of anilines is 1. The number of aromatic nitrogens is 3. The van der Waals surface area contributed by atoms with E-state index < -0.39 is 0 Å². The van der Waals surface area contributed by atoms with Gasteiger partial charge in [0.1, 0.15) is 16.5 Å². The maximum Gasteiger partial charge on any atom is 0.273 e. The summed E-state index contributed by atoms with van der Waals surface area (Å²) in [5.41, 5.74) is 2.76. The van der Waals surface area contributed by atoms with Crippen LogP contribution >= 0.6 is 11.3 Å². The second kappa shape index (κ2) is 6.92. The van der Waals surface area contributed by atoms with Gasteiger partial charge in [-0.2, -0.15) is 0 Å². The van der Waals surface area contributed by atoms with E-state index in [1.165, 1.54) is 17.0 Å². The molecule has 26 heavy (non-hydrogen) atoms. The summed E-state index contributed by atoms with van der Waals surface area (Å²) in [6, 6.07) is 10.0. The fourth-order valence-electron chi connectivity index (χ4n) is 3.16. The molecule has 134 valence electrons. The molecule has 1 saturated heterocycles. The number of aryl methyl sites for hydroxylation is 1. The number of pyridine rings is 1. The van der Waals surface area contributed by atoms with Crippen molar-refractivity contribution in [3.05, 3.63) is 53.3 Å². The Hall–Kier alpha value is -2.67. The van der Waals surface area contributed by atoms with Gasteiger partial charge in [0.2, 0.25) is 0 Å². The average Bonchev–Trinajstić information content (AvgIpc) is 3.29. The van der Waals surface area contributed by atoms with E-state index in [-0.39, 0.29) is 5.91 Å². The largest absolute Gasteiger partial charge is 0.353 e. The highest BCUT2D eigenvalue weighted by Crippen LogP contribution is 2.26. The van der Waals surface area contributed by atoms with Gasteiger partial charge in [-0.1, -0.05) is 6.07 Å². The Labute approximate surface area is 156 Å². The zero-order valence-corrected chi connectivity index (χ0v) is 15.7. The zero-order valence-electron chi connectivity index (χ0n) is 14.9. The molecule has 3 aromatic rings. The van der Waals surface area contributed by atoms with Crippen molar-refractivity contribution in [3.63, 3.8) is 0 Å². The lowest BCUT2D eigenvalue weighted by molar-refractivity contribution is 0.0741. The molecule has 0 unspecified atom stereocenters. The van der Waals surface area contributed by atoms with E-state index in [0.717, 1.165) is 29.6 Å². The lowest BCUT2D eigenvalue weighted by atomic mass is 10.2. The number of carbonyl (C=O) groups excluding carboxylic acids is 1. The van der Waals surface area contributed by atoms with Crippen LogP contribution in [0.1, 0.15) is 16.2 Å². The van der Waals surface area contributed by atoms with Crippen molar-refractivity contribution in [1.29, 1.82) is 0 Å². The molecule has 1 aliphatic heterocycles. The second-order valence-electron chi connectivity index (χ2n) is 6.42. The standard InChI is InChI=1S/C19H21N5OS/c1-14-6-7-16(22(14)2)18-21-15(13-26-18)19(25)24-11-9-23(10-12-24)17-5-3-4-8-20-17/h3-8,13H,9-12H2,1-2H3. The smallest absolute Gasteiger partial charge is 0.273 e. The Morgan fingerprint density at radius 2 is 1.92 bits per heavy atom. The number of hydrogen-bond donors (Lipinski definition) is 0. The first-order valence-electron chi connectivity index (χ1n) is 8.67. The molecule has 4 rings (SSSR count). The zero-order chi connectivity index (χ0) is 18.1. The summed E-state index contributed by atoms with van der Waals surface area (Å²) >= 11 is 1.52. The van der Waals surface area contributed by atoms with E-state index in [2.05, 4.69) is 32.4 Å². The van der Waals surface area contributed by atoms with Gasteiger partial charge in [-0.25, -0.2) is 9.97 Å². The number of amides is 1. The molecule has 1 amide bonds. The third-order valence-corrected chi connectivity index (χ3v) is 5.72. The Balaban J connectivity index is 1.44. The van der Waals surface area contributed by atoms with Gasteiger partial charge in [0.15, 0.2) is 0 Å². The van der Waals surface area contributed by atoms with Crippen molar-refractivity contribution in [2.24, 2.45) is 7.05 Å².